The number of hydrogen-bond acceptors (Lipinski definition) is 4. The Morgan fingerprint density at radius 2 is 1.94 bits per heavy atom. The normalized spacial score (nSPS) is 11.6. The Morgan fingerprint density at radius 3 is 2.50 bits per heavy atom. The minimum Gasteiger partial charge on any atom is -0.325 e. The number of nitrogens with two attached hydrogens (primary N) is 1. The summed E-state index contributed by atoms with van der Waals surface area (Å²) in [5.41, 5.74) is 6.15. The van der Waals surface area contributed by atoms with E-state index in [0.29, 0.717) is 17.0 Å². The molecule has 0 saturated carbocycles. The van der Waals surface area contributed by atoms with Crippen molar-refractivity contribution < 1.29 is 13.2 Å². The van der Waals surface area contributed by atoms with Gasteiger partial charge in [0.15, 0.2) is 0 Å². The highest BCUT2D eigenvalue weighted by Crippen LogP contribution is 2.29. The lowest BCUT2D eigenvalue weighted by Crippen LogP contribution is -2.05. The van der Waals surface area contributed by atoms with Crippen LogP contribution in [0.25, 0.3) is 11.3 Å². The highest BCUT2D eigenvalue weighted by molar-refractivity contribution is 5.58. The summed E-state index contributed by atoms with van der Waals surface area (Å²) < 4.78 is 37.1. The van der Waals surface area contributed by atoms with Gasteiger partial charge in [0.1, 0.15) is 0 Å². The summed E-state index contributed by atoms with van der Waals surface area (Å²) in [4.78, 5) is 3.76. The van der Waals surface area contributed by atoms with E-state index in [1.165, 1.54) is 12.3 Å². The highest BCUT2D eigenvalue weighted by Gasteiger charge is 2.30. The summed E-state index contributed by atoms with van der Waals surface area (Å²) in [5.74, 6) is 0. The molecule has 7 heteroatoms. The first-order valence-corrected chi connectivity index (χ1v) is 5.06. The van der Waals surface area contributed by atoms with Crippen LogP contribution in [0.1, 0.15) is 11.3 Å². The van der Waals surface area contributed by atoms with Crippen LogP contribution in [0.3, 0.4) is 0 Å². The summed E-state index contributed by atoms with van der Waals surface area (Å²) in [6.07, 6.45) is -2.17. The minimum atomic E-state index is -4.38. The fourth-order valence-electron chi connectivity index (χ4n) is 1.38. The first-order chi connectivity index (χ1) is 8.50. The first kappa shape index (κ1) is 12.4. The van der Waals surface area contributed by atoms with Crippen molar-refractivity contribution in [2.75, 3.05) is 0 Å². The van der Waals surface area contributed by atoms with Gasteiger partial charge in [0.25, 0.3) is 0 Å². The number of hydrogen-bond donors (Lipinski definition) is 1. The Hall–Kier alpha value is -2.02. The third kappa shape index (κ3) is 2.62. The molecule has 0 saturated heterocycles. The molecule has 2 aromatic heterocycles. The van der Waals surface area contributed by atoms with Crippen LogP contribution in [0.15, 0.2) is 30.6 Å². The molecule has 0 amide bonds. The van der Waals surface area contributed by atoms with E-state index in [9.17, 15) is 13.2 Å². The lowest BCUT2D eigenvalue weighted by atomic mass is 10.1. The van der Waals surface area contributed by atoms with Crippen molar-refractivity contribution >= 4 is 0 Å². The number of halogens is 3. The van der Waals surface area contributed by atoms with Gasteiger partial charge < -0.3 is 5.73 Å². The van der Waals surface area contributed by atoms with Crippen molar-refractivity contribution in [1.82, 2.24) is 15.2 Å². The second kappa shape index (κ2) is 4.69. The van der Waals surface area contributed by atoms with Gasteiger partial charge in [-0.05, 0) is 18.2 Å². The predicted octanol–water partition coefficient (Wildman–Crippen LogP) is 2.02. The molecular weight excluding hydrogens is 245 g/mol. The van der Waals surface area contributed by atoms with Gasteiger partial charge in [0, 0.05) is 18.3 Å². The van der Waals surface area contributed by atoms with Gasteiger partial charge in [-0.3, -0.25) is 4.98 Å². The fourth-order valence-corrected chi connectivity index (χ4v) is 1.38. The zero-order valence-electron chi connectivity index (χ0n) is 9.15. The molecule has 94 valence electrons. The standard InChI is InChI=1S/C11H9F3N4/c12-11(13,14)8-1-2-10(16-6-8)7-3-9(4-15)18-17-5-7/h1-3,5-6H,4,15H2. The van der Waals surface area contributed by atoms with Gasteiger partial charge in [-0.1, -0.05) is 0 Å². The summed E-state index contributed by atoms with van der Waals surface area (Å²) in [5, 5.41) is 7.47. The van der Waals surface area contributed by atoms with E-state index in [1.54, 1.807) is 6.07 Å². The maximum atomic E-state index is 12.4. The molecule has 4 nitrogen and oxygen atoms in total. The number of pyridine rings is 1. The first-order valence-electron chi connectivity index (χ1n) is 5.06. The number of alkyl halides is 3. The number of nitrogens with zero attached hydrogens (tertiary/aromatic N) is 3. The SMILES string of the molecule is NCc1cc(-c2ccc(C(F)(F)F)cn2)cnn1. The minimum absolute atomic E-state index is 0.210. The van der Waals surface area contributed by atoms with Gasteiger partial charge in [0.2, 0.25) is 0 Å². The van der Waals surface area contributed by atoms with Crippen LogP contribution < -0.4 is 5.73 Å². The van der Waals surface area contributed by atoms with Crippen LogP contribution in [0.2, 0.25) is 0 Å². The molecule has 18 heavy (non-hydrogen) atoms. The second-order valence-electron chi connectivity index (χ2n) is 3.57. The van der Waals surface area contributed by atoms with Gasteiger partial charge >= 0.3 is 6.18 Å². The molecule has 0 atom stereocenters. The Kier molecular flexibility index (Phi) is 3.24. The lowest BCUT2D eigenvalue weighted by molar-refractivity contribution is -0.137. The van der Waals surface area contributed by atoms with Gasteiger partial charge in [0.05, 0.1) is 23.1 Å². The summed E-state index contributed by atoms with van der Waals surface area (Å²) in [6, 6.07) is 3.91. The molecule has 0 spiro atoms. The molecule has 0 bridgehead atoms. The lowest BCUT2D eigenvalue weighted by Gasteiger charge is -2.07. The third-order valence-corrected chi connectivity index (χ3v) is 2.30. The zero-order chi connectivity index (χ0) is 13.2. The molecule has 2 aromatic rings. The third-order valence-electron chi connectivity index (χ3n) is 2.30. The Labute approximate surface area is 101 Å². The topological polar surface area (TPSA) is 64.7 Å². The van der Waals surface area contributed by atoms with Crippen molar-refractivity contribution in [3.8, 4) is 11.3 Å². The zero-order valence-corrected chi connectivity index (χ0v) is 9.15. The van der Waals surface area contributed by atoms with Gasteiger partial charge in [-0.2, -0.15) is 23.4 Å². The van der Waals surface area contributed by atoms with E-state index in [1.807, 2.05) is 0 Å². The smallest absolute Gasteiger partial charge is 0.325 e. The monoisotopic (exact) mass is 254 g/mol. The molecule has 0 fully saturated rings. The highest BCUT2D eigenvalue weighted by atomic mass is 19.4. The van der Waals surface area contributed by atoms with Gasteiger partial charge in [-0.15, -0.1) is 0 Å². The average molecular weight is 254 g/mol. The molecule has 2 N–H and O–H groups in total. The van der Waals surface area contributed by atoms with Crippen molar-refractivity contribution in [3.05, 3.63) is 41.9 Å². The Balaban J connectivity index is 2.34. The van der Waals surface area contributed by atoms with Crippen LogP contribution in [0.4, 0.5) is 13.2 Å². The Morgan fingerprint density at radius 1 is 1.17 bits per heavy atom. The average Bonchev–Trinajstić information content (AvgIpc) is 2.38. The number of aromatic nitrogens is 3. The largest absolute Gasteiger partial charge is 0.417 e. The van der Waals surface area contributed by atoms with E-state index in [0.717, 1.165) is 12.3 Å². The summed E-state index contributed by atoms with van der Waals surface area (Å²) in [6.45, 7) is 0.210. The predicted molar refractivity (Wildman–Crippen MR) is 58.2 cm³/mol. The number of rotatable bonds is 2. The molecule has 0 unspecified atom stereocenters. The quantitative estimate of drug-likeness (QED) is 0.890. The van der Waals surface area contributed by atoms with Crippen molar-refractivity contribution in [1.29, 1.82) is 0 Å². The van der Waals surface area contributed by atoms with E-state index >= 15 is 0 Å². The second-order valence-corrected chi connectivity index (χ2v) is 3.57. The fraction of sp³-hybridized carbons (Fsp3) is 0.182. The molecule has 0 aliphatic heterocycles. The van der Waals surface area contributed by atoms with Crippen molar-refractivity contribution in [2.24, 2.45) is 5.73 Å². The van der Waals surface area contributed by atoms with E-state index in [-0.39, 0.29) is 6.54 Å². The molecule has 0 aliphatic rings. The van der Waals surface area contributed by atoms with Crippen molar-refractivity contribution in [2.45, 2.75) is 12.7 Å². The van der Waals surface area contributed by atoms with Crippen LogP contribution in [-0.2, 0) is 12.7 Å². The van der Waals surface area contributed by atoms with E-state index in [2.05, 4.69) is 15.2 Å². The maximum absolute atomic E-state index is 12.4. The van der Waals surface area contributed by atoms with Crippen LogP contribution in [0, 0.1) is 0 Å². The molecule has 2 rings (SSSR count). The Bertz CT molecular complexity index is 537. The van der Waals surface area contributed by atoms with E-state index in [4.69, 9.17) is 5.73 Å². The summed E-state index contributed by atoms with van der Waals surface area (Å²) >= 11 is 0. The van der Waals surface area contributed by atoms with Crippen LogP contribution in [-0.4, -0.2) is 15.2 Å². The van der Waals surface area contributed by atoms with Crippen LogP contribution >= 0.6 is 0 Å². The molecular formula is C11H9F3N4. The molecule has 0 aliphatic carbocycles. The van der Waals surface area contributed by atoms with Crippen molar-refractivity contribution in [3.63, 3.8) is 0 Å². The van der Waals surface area contributed by atoms with Gasteiger partial charge in [-0.25, -0.2) is 0 Å². The molecule has 0 radical (unpaired) electrons. The maximum Gasteiger partial charge on any atom is 0.417 e. The molecule has 2 heterocycles. The van der Waals surface area contributed by atoms with Crippen LogP contribution in [0.5, 0.6) is 0 Å². The molecule has 0 aromatic carbocycles. The summed E-state index contributed by atoms with van der Waals surface area (Å²) in [7, 11) is 0. The van der Waals surface area contributed by atoms with E-state index < -0.39 is 11.7 Å².